The molecule has 0 aromatic carbocycles. The van der Waals surface area contributed by atoms with Crippen molar-refractivity contribution in [3.05, 3.63) is 40.7 Å². The lowest BCUT2D eigenvalue weighted by atomic mass is 10.0. The Kier molecular flexibility index (Phi) is 6.95. The molecule has 0 bridgehead atoms. The van der Waals surface area contributed by atoms with Crippen molar-refractivity contribution < 1.29 is 38.5 Å². The first-order valence-electron chi connectivity index (χ1n) is 10.5. The van der Waals surface area contributed by atoms with Gasteiger partial charge in [-0.15, -0.1) is 11.8 Å². The van der Waals surface area contributed by atoms with Crippen LogP contribution in [0, 0.1) is 0 Å². The van der Waals surface area contributed by atoms with Gasteiger partial charge < -0.3 is 31.0 Å². The van der Waals surface area contributed by atoms with E-state index in [0.717, 1.165) is 21.3 Å². The van der Waals surface area contributed by atoms with Crippen LogP contribution in [-0.2, 0) is 25.8 Å². The largest absolute Gasteiger partial charge is 0.543 e. The molecule has 1 saturated heterocycles. The van der Waals surface area contributed by atoms with Crippen LogP contribution in [0.5, 0.6) is 0 Å². The molecule has 0 unspecified atom stereocenters. The van der Waals surface area contributed by atoms with E-state index in [1.54, 1.807) is 26.9 Å². The van der Waals surface area contributed by atoms with Gasteiger partial charge in [0, 0.05) is 28.2 Å². The standard InChI is InChI=1S/C19H16FN9O6S3/c20-6-35-25-11(14-24-19(21)38-26-14)15(30)23-12-16(31)29-13(18(32)33)8(4-37-17(12)29)2-27-3-10-28(7-27)9(1-22-34)5-36-10/h1,3,5,7,12,17H,2,4,6H2,(H4-,21,23,24,26,30,32,33,34)/b22-1?,25-11-/t12-,17-/m1/s1. The van der Waals surface area contributed by atoms with Crippen LogP contribution in [0.15, 0.2) is 39.5 Å². The molecule has 5 heterocycles. The number of fused-ring (bicyclic) bond motifs is 2. The zero-order valence-corrected chi connectivity index (χ0v) is 21.3. The van der Waals surface area contributed by atoms with E-state index in [4.69, 9.17) is 10.9 Å². The third kappa shape index (κ3) is 4.54. The van der Waals surface area contributed by atoms with Crippen molar-refractivity contribution in [3.63, 3.8) is 0 Å². The maximum Gasteiger partial charge on any atom is 0.278 e. The fourth-order valence-electron chi connectivity index (χ4n) is 3.97. The van der Waals surface area contributed by atoms with Crippen LogP contribution in [0.3, 0.4) is 0 Å². The number of oxime groups is 2. The van der Waals surface area contributed by atoms with Gasteiger partial charge >= 0.3 is 0 Å². The molecule has 0 spiro atoms. The number of rotatable bonds is 9. The summed E-state index contributed by atoms with van der Waals surface area (Å²) in [5, 5.41) is 30.9. The van der Waals surface area contributed by atoms with Gasteiger partial charge in [-0.25, -0.2) is 8.96 Å². The number of carbonyl (C=O) groups is 3. The van der Waals surface area contributed by atoms with Crippen molar-refractivity contribution in [2.45, 2.75) is 18.0 Å². The summed E-state index contributed by atoms with van der Waals surface area (Å²) < 4.78 is 19.8. The number of thiazole rings is 1. The van der Waals surface area contributed by atoms with Crippen LogP contribution < -0.4 is 20.7 Å². The number of hydrogen-bond acceptors (Lipinski definition) is 14. The number of aromatic nitrogens is 4. The Bertz CT molecular complexity index is 1530. The smallest absolute Gasteiger partial charge is 0.278 e. The molecule has 2 aliphatic rings. The van der Waals surface area contributed by atoms with E-state index < -0.39 is 41.8 Å². The first kappa shape index (κ1) is 25.5. The number of alkyl halides is 1. The number of nitrogens with one attached hydrogen (secondary N) is 1. The van der Waals surface area contributed by atoms with Crippen LogP contribution in [0.25, 0.3) is 4.83 Å². The van der Waals surface area contributed by atoms with E-state index in [1.165, 1.54) is 29.3 Å². The Balaban J connectivity index is 1.35. The number of aliphatic carboxylic acids is 1. The summed E-state index contributed by atoms with van der Waals surface area (Å²) in [4.78, 5) is 47.9. The molecule has 15 nitrogen and oxygen atoms in total. The molecule has 1 fully saturated rings. The molecule has 5 rings (SSSR count). The van der Waals surface area contributed by atoms with Crippen LogP contribution >= 0.6 is 34.6 Å². The summed E-state index contributed by atoms with van der Waals surface area (Å²) in [7, 11) is 0. The number of imidazole rings is 1. The van der Waals surface area contributed by atoms with Gasteiger partial charge in [-0.05, 0) is 0 Å². The third-order valence-electron chi connectivity index (χ3n) is 5.52. The van der Waals surface area contributed by atoms with E-state index >= 15 is 0 Å². The number of β-lactam (4-membered cyclic amide) rings is 1. The van der Waals surface area contributed by atoms with Crippen LogP contribution in [0.4, 0.5) is 9.52 Å². The minimum absolute atomic E-state index is 0.0319. The zero-order valence-electron chi connectivity index (χ0n) is 18.9. The number of hydrogen-bond donors (Lipinski definition) is 3. The summed E-state index contributed by atoms with van der Waals surface area (Å²) in [5.74, 6) is -3.10. The molecule has 4 N–H and O–H groups in total. The lowest BCUT2D eigenvalue weighted by Crippen LogP contribution is -2.71. The SMILES string of the molecule is Nc1nc(/C(=N/OCF)C(=O)N[C@@H]2C(=O)N3C(C(=O)[O-])=C(C[n+]4cc5scc(C=NO)n5c4)CS[C@H]23)ns1. The number of carboxylic acid groups (broad SMARTS) is 1. The number of halogens is 1. The van der Waals surface area contributed by atoms with Gasteiger partial charge in [0.25, 0.3) is 25.0 Å². The van der Waals surface area contributed by atoms with Crippen molar-refractivity contribution in [1.82, 2.24) is 24.0 Å². The number of carbonyl (C=O) groups excluding carboxylic acids is 3. The first-order valence-corrected chi connectivity index (χ1v) is 13.2. The predicted molar refractivity (Wildman–Crippen MR) is 130 cm³/mol. The molecule has 19 heteroatoms. The number of nitrogens with two attached hydrogens (primary N) is 1. The first-order chi connectivity index (χ1) is 18.3. The predicted octanol–water partition coefficient (Wildman–Crippen LogP) is -1.72. The monoisotopic (exact) mass is 581 g/mol. The molecule has 2 aliphatic heterocycles. The Hall–Kier alpha value is -4.10. The molecule has 2 atom stereocenters. The second kappa shape index (κ2) is 10.3. The molecular formula is C19H16FN9O6S3. The molecule has 198 valence electrons. The highest BCUT2D eigenvalue weighted by atomic mass is 32.2. The summed E-state index contributed by atoms with van der Waals surface area (Å²) in [6, 6.07) is -1.09. The molecule has 0 aliphatic carbocycles. The van der Waals surface area contributed by atoms with Crippen molar-refractivity contribution in [1.29, 1.82) is 0 Å². The van der Waals surface area contributed by atoms with Gasteiger partial charge in [0.15, 0.2) is 10.8 Å². The fraction of sp³-hybridized carbons (Fsp3) is 0.263. The molecule has 3 aromatic heterocycles. The number of carboxylic acids is 1. The Morgan fingerprint density at radius 2 is 2.29 bits per heavy atom. The van der Waals surface area contributed by atoms with E-state index in [2.05, 4.69) is 29.8 Å². The summed E-state index contributed by atoms with van der Waals surface area (Å²) >= 11 is 3.43. The quantitative estimate of drug-likeness (QED) is 0.0857. The maximum absolute atomic E-state index is 13.0. The highest BCUT2D eigenvalue weighted by molar-refractivity contribution is 8.00. The van der Waals surface area contributed by atoms with Crippen molar-refractivity contribution in [2.75, 3.05) is 18.3 Å². The van der Waals surface area contributed by atoms with Crippen molar-refractivity contribution in [3.8, 4) is 0 Å². The minimum Gasteiger partial charge on any atom is -0.543 e. The summed E-state index contributed by atoms with van der Waals surface area (Å²) in [6.07, 6.45) is 4.77. The van der Waals surface area contributed by atoms with Crippen molar-refractivity contribution >= 4 is 74.3 Å². The molecule has 2 amide bonds. The Morgan fingerprint density at radius 3 is 2.97 bits per heavy atom. The van der Waals surface area contributed by atoms with Gasteiger partial charge in [-0.2, -0.15) is 13.8 Å². The van der Waals surface area contributed by atoms with E-state index in [1.807, 2.05) is 0 Å². The normalized spacial score (nSPS) is 19.7. The number of nitrogens with zero attached hydrogens (tertiary/aromatic N) is 7. The lowest BCUT2D eigenvalue weighted by molar-refractivity contribution is -0.687. The third-order valence-corrected chi connectivity index (χ3v) is 8.31. The van der Waals surface area contributed by atoms with E-state index in [-0.39, 0.29) is 29.0 Å². The molecule has 0 saturated carbocycles. The zero-order chi connectivity index (χ0) is 27.0. The summed E-state index contributed by atoms with van der Waals surface area (Å²) in [5.41, 5.74) is 5.84. The highest BCUT2D eigenvalue weighted by Gasteiger charge is 2.53. The number of nitrogen functional groups attached to an aromatic ring is 1. The highest BCUT2D eigenvalue weighted by Crippen LogP contribution is 2.40. The molecule has 3 aromatic rings. The van der Waals surface area contributed by atoms with Gasteiger partial charge in [0.05, 0.1) is 11.7 Å². The van der Waals surface area contributed by atoms with Gasteiger partial charge in [-0.1, -0.05) is 21.6 Å². The number of anilines is 1. The van der Waals surface area contributed by atoms with Crippen LogP contribution in [0.1, 0.15) is 11.5 Å². The second-order valence-electron chi connectivity index (χ2n) is 7.77. The average Bonchev–Trinajstić information content (AvgIpc) is 3.59. The number of amides is 2. The van der Waals surface area contributed by atoms with Gasteiger partial charge in [0.1, 0.15) is 30.4 Å². The van der Waals surface area contributed by atoms with Gasteiger partial charge in [0.2, 0.25) is 16.4 Å². The fourth-order valence-corrected chi connectivity index (χ4v) is 6.62. The second-order valence-corrected chi connectivity index (χ2v) is 10.5. The molecule has 0 radical (unpaired) electrons. The molecular weight excluding hydrogens is 565 g/mol. The van der Waals surface area contributed by atoms with Crippen LogP contribution in [-0.4, -0.2) is 77.6 Å². The maximum atomic E-state index is 13.0. The Labute approximate surface area is 223 Å². The molecule has 38 heavy (non-hydrogen) atoms. The number of thioether (sulfide) groups is 1. The van der Waals surface area contributed by atoms with Gasteiger partial charge in [-0.3, -0.25) is 14.5 Å². The van der Waals surface area contributed by atoms with Crippen LogP contribution in [0.2, 0.25) is 0 Å². The Morgan fingerprint density at radius 1 is 1.47 bits per heavy atom. The lowest BCUT2D eigenvalue weighted by Gasteiger charge is -2.50. The van der Waals surface area contributed by atoms with E-state index in [0.29, 0.717) is 11.3 Å². The minimum atomic E-state index is -1.53. The van der Waals surface area contributed by atoms with Crippen molar-refractivity contribution in [2.24, 2.45) is 10.3 Å². The average molecular weight is 582 g/mol. The topological polar surface area (TPSA) is 204 Å². The van der Waals surface area contributed by atoms with E-state index in [9.17, 15) is 23.9 Å². The summed E-state index contributed by atoms with van der Waals surface area (Å²) in [6.45, 7) is -1.16.